The zero-order valence-corrected chi connectivity index (χ0v) is 8.73. The molecule has 3 heteroatoms. The van der Waals surface area contributed by atoms with E-state index in [1.807, 2.05) is 11.4 Å². The number of rotatable bonds is 3. The highest BCUT2D eigenvalue weighted by Gasteiger charge is 2.53. The minimum atomic E-state index is -0.532. The van der Waals surface area contributed by atoms with E-state index < -0.39 is 5.60 Å². The summed E-state index contributed by atoms with van der Waals surface area (Å²) in [6.45, 7) is 2.12. The molecule has 0 radical (unpaired) electrons. The molecule has 0 bridgehead atoms. The van der Waals surface area contributed by atoms with Crippen LogP contribution in [0.3, 0.4) is 0 Å². The third kappa shape index (κ3) is 1.36. The first kappa shape index (κ1) is 9.03. The van der Waals surface area contributed by atoms with Crippen molar-refractivity contribution in [3.63, 3.8) is 0 Å². The van der Waals surface area contributed by atoms with Crippen LogP contribution in [0.2, 0.25) is 0 Å². The smallest absolute Gasteiger partial charge is 0.129 e. The first-order chi connectivity index (χ1) is 6.20. The summed E-state index contributed by atoms with van der Waals surface area (Å²) < 4.78 is 5.09. The average molecular weight is 198 g/mol. The zero-order valence-electron chi connectivity index (χ0n) is 7.91. The van der Waals surface area contributed by atoms with Crippen molar-refractivity contribution in [1.29, 1.82) is 0 Å². The standard InChI is InChI=1S/C10H14O2S/c1-3-7-5-10(7,11)9-4-8(12-2)6-13-9/h4,6-7,11H,3,5H2,1-2H3. The lowest BCUT2D eigenvalue weighted by Gasteiger charge is -2.05. The summed E-state index contributed by atoms with van der Waals surface area (Å²) in [6.07, 6.45) is 1.96. The Labute approximate surface area is 82.2 Å². The Bertz CT molecular complexity index is 308. The van der Waals surface area contributed by atoms with Gasteiger partial charge in [-0.2, -0.15) is 0 Å². The first-order valence-electron chi connectivity index (χ1n) is 4.56. The van der Waals surface area contributed by atoms with Gasteiger partial charge in [-0.1, -0.05) is 13.3 Å². The Hall–Kier alpha value is -0.540. The van der Waals surface area contributed by atoms with Gasteiger partial charge in [0.2, 0.25) is 0 Å². The van der Waals surface area contributed by atoms with Crippen molar-refractivity contribution in [2.24, 2.45) is 5.92 Å². The van der Waals surface area contributed by atoms with Crippen LogP contribution in [0.4, 0.5) is 0 Å². The topological polar surface area (TPSA) is 29.5 Å². The van der Waals surface area contributed by atoms with Gasteiger partial charge in [0.05, 0.1) is 7.11 Å². The Kier molecular flexibility index (Phi) is 2.08. The molecule has 1 heterocycles. The molecule has 2 atom stereocenters. The van der Waals surface area contributed by atoms with E-state index in [9.17, 15) is 5.11 Å². The molecule has 1 aliphatic carbocycles. The summed E-state index contributed by atoms with van der Waals surface area (Å²) in [5.74, 6) is 1.31. The minimum Gasteiger partial charge on any atom is -0.496 e. The quantitative estimate of drug-likeness (QED) is 0.808. The van der Waals surface area contributed by atoms with Crippen molar-refractivity contribution in [2.75, 3.05) is 7.11 Å². The maximum atomic E-state index is 10.1. The van der Waals surface area contributed by atoms with Gasteiger partial charge in [0, 0.05) is 10.3 Å². The molecule has 2 nitrogen and oxygen atoms in total. The lowest BCUT2D eigenvalue weighted by molar-refractivity contribution is 0.134. The third-order valence-corrected chi connectivity index (χ3v) is 3.88. The number of ether oxygens (including phenoxy) is 1. The van der Waals surface area contributed by atoms with Gasteiger partial charge in [-0.25, -0.2) is 0 Å². The van der Waals surface area contributed by atoms with Gasteiger partial charge in [0.15, 0.2) is 0 Å². The van der Waals surface area contributed by atoms with Gasteiger partial charge in [-0.3, -0.25) is 0 Å². The molecule has 0 aromatic carbocycles. The van der Waals surface area contributed by atoms with Crippen LogP contribution in [0.5, 0.6) is 5.75 Å². The second-order valence-corrected chi connectivity index (χ2v) is 4.50. The average Bonchev–Trinajstić information content (AvgIpc) is 2.65. The molecular formula is C10H14O2S. The van der Waals surface area contributed by atoms with E-state index in [1.165, 1.54) is 0 Å². The van der Waals surface area contributed by atoms with Crippen molar-refractivity contribution in [2.45, 2.75) is 25.4 Å². The molecule has 0 amide bonds. The van der Waals surface area contributed by atoms with E-state index in [4.69, 9.17) is 4.74 Å². The number of aliphatic hydroxyl groups is 1. The minimum absolute atomic E-state index is 0.454. The van der Waals surface area contributed by atoms with Crippen LogP contribution in [0.1, 0.15) is 24.6 Å². The van der Waals surface area contributed by atoms with Crippen molar-refractivity contribution in [3.05, 3.63) is 16.3 Å². The van der Waals surface area contributed by atoms with Gasteiger partial charge in [-0.05, 0) is 18.4 Å². The Morgan fingerprint density at radius 2 is 2.54 bits per heavy atom. The number of hydrogen-bond donors (Lipinski definition) is 1. The van der Waals surface area contributed by atoms with Crippen LogP contribution in [0.15, 0.2) is 11.4 Å². The molecule has 1 aromatic heterocycles. The van der Waals surface area contributed by atoms with E-state index in [2.05, 4.69) is 6.92 Å². The summed E-state index contributed by atoms with van der Waals surface area (Å²) in [4.78, 5) is 1.05. The van der Waals surface area contributed by atoms with E-state index in [0.717, 1.165) is 23.5 Å². The molecule has 13 heavy (non-hydrogen) atoms. The molecule has 1 aromatic rings. The van der Waals surface area contributed by atoms with Crippen molar-refractivity contribution < 1.29 is 9.84 Å². The van der Waals surface area contributed by atoms with E-state index in [0.29, 0.717) is 5.92 Å². The highest BCUT2D eigenvalue weighted by Crippen LogP contribution is 2.55. The number of thiophene rings is 1. The van der Waals surface area contributed by atoms with Gasteiger partial charge >= 0.3 is 0 Å². The van der Waals surface area contributed by atoms with Crippen LogP contribution in [-0.4, -0.2) is 12.2 Å². The molecule has 0 saturated heterocycles. The predicted octanol–water partition coefficient (Wildman–Crippen LogP) is 2.37. The highest BCUT2D eigenvalue weighted by atomic mass is 32.1. The zero-order chi connectivity index (χ0) is 9.47. The maximum Gasteiger partial charge on any atom is 0.129 e. The van der Waals surface area contributed by atoms with Crippen molar-refractivity contribution in [1.82, 2.24) is 0 Å². The van der Waals surface area contributed by atoms with E-state index >= 15 is 0 Å². The third-order valence-electron chi connectivity index (χ3n) is 2.80. The van der Waals surface area contributed by atoms with Crippen LogP contribution in [-0.2, 0) is 5.60 Å². The molecule has 0 spiro atoms. The summed E-state index contributed by atoms with van der Waals surface area (Å²) in [7, 11) is 1.65. The second kappa shape index (κ2) is 3.00. The monoisotopic (exact) mass is 198 g/mol. The van der Waals surface area contributed by atoms with Gasteiger partial charge < -0.3 is 9.84 Å². The molecular weight excluding hydrogens is 184 g/mol. The van der Waals surface area contributed by atoms with Crippen LogP contribution in [0, 0.1) is 5.92 Å². The molecule has 72 valence electrons. The van der Waals surface area contributed by atoms with Gasteiger partial charge in [-0.15, -0.1) is 11.3 Å². The van der Waals surface area contributed by atoms with Crippen LogP contribution >= 0.6 is 11.3 Å². The second-order valence-electron chi connectivity index (χ2n) is 3.58. The highest BCUT2D eigenvalue weighted by molar-refractivity contribution is 7.10. The van der Waals surface area contributed by atoms with Crippen LogP contribution in [0.25, 0.3) is 0 Å². The molecule has 1 saturated carbocycles. The van der Waals surface area contributed by atoms with E-state index in [1.54, 1.807) is 18.4 Å². The molecule has 1 aliphatic rings. The molecule has 0 aliphatic heterocycles. The Morgan fingerprint density at radius 3 is 3.00 bits per heavy atom. The number of hydrogen-bond acceptors (Lipinski definition) is 3. The fraction of sp³-hybridized carbons (Fsp3) is 0.600. The Balaban J connectivity index is 2.18. The summed E-state index contributed by atoms with van der Waals surface area (Å²) in [6, 6.07) is 1.94. The first-order valence-corrected chi connectivity index (χ1v) is 5.44. The normalized spacial score (nSPS) is 31.8. The van der Waals surface area contributed by atoms with Gasteiger partial charge in [0.1, 0.15) is 11.4 Å². The Morgan fingerprint density at radius 1 is 1.77 bits per heavy atom. The number of methoxy groups -OCH3 is 1. The van der Waals surface area contributed by atoms with E-state index in [-0.39, 0.29) is 0 Å². The fourth-order valence-corrected chi connectivity index (χ4v) is 2.80. The van der Waals surface area contributed by atoms with Crippen LogP contribution < -0.4 is 4.74 Å². The predicted molar refractivity (Wildman–Crippen MR) is 53.2 cm³/mol. The summed E-state index contributed by atoms with van der Waals surface area (Å²) >= 11 is 1.59. The largest absolute Gasteiger partial charge is 0.496 e. The SMILES string of the molecule is CCC1CC1(O)c1cc(OC)cs1. The summed E-state index contributed by atoms with van der Waals surface area (Å²) in [5.41, 5.74) is -0.532. The molecule has 2 rings (SSSR count). The van der Waals surface area contributed by atoms with Gasteiger partial charge in [0.25, 0.3) is 0 Å². The van der Waals surface area contributed by atoms with Crippen molar-refractivity contribution in [3.8, 4) is 5.75 Å². The summed E-state index contributed by atoms with van der Waals surface area (Å²) in [5, 5.41) is 12.1. The molecule has 1 N–H and O–H groups in total. The molecule has 2 unspecified atom stereocenters. The fourth-order valence-electron chi connectivity index (χ4n) is 1.75. The maximum absolute atomic E-state index is 10.1. The lowest BCUT2D eigenvalue weighted by Crippen LogP contribution is -2.05. The lowest BCUT2D eigenvalue weighted by atomic mass is 10.2. The van der Waals surface area contributed by atoms with Crippen molar-refractivity contribution >= 4 is 11.3 Å². The molecule has 1 fully saturated rings.